The summed E-state index contributed by atoms with van der Waals surface area (Å²) in [5, 5.41) is 2.75. The molecule has 2 aromatic rings. The van der Waals surface area contributed by atoms with Crippen molar-refractivity contribution in [2.45, 2.75) is 13.8 Å². The smallest absolute Gasteiger partial charge is 0.355 e. The van der Waals surface area contributed by atoms with Gasteiger partial charge in [0, 0.05) is 21.3 Å². The van der Waals surface area contributed by atoms with Gasteiger partial charge in [0.1, 0.15) is 5.69 Å². The second-order valence-electron chi connectivity index (χ2n) is 6.21. The van der Waals surface area contributed by atoms with Crippen molar-refractivity contribution in [2.75, 3.05) is 11.9 Å². The molecular weight excluding hydrogens is 430 g/mol. The molecule has 0 aliphatic carbocycles. The number of ketones is 1. The lowest BCUT2D eigenvalue weighted by atomic mass is 10.0. The minimum atomic E-state index is -0.817. The van der Waals surface area contributed by atoms with Crippen molar-refractivity contribution in [1.29, 1.82) is 0 Å². The Hall–Kier alpha value is -3.20. The molecule has 0 radical (unpaired) electrons. The summed E-state index contributed by atoms with van der Waals surface area (Å²) in [6, 6.07) is 5.34. The van der Waals surface area contributed by atoms with Crippen molar-refractivity contribution in [1.82, 2.24) is 4.98 Å². The molecule has 4 N–H and O–H groups in total. The predicted octanol–water partition coefficient (Wildman–Crippen LogP) is 2.42. The molecule has 1 aliphatic rings. The first kappa shape index (κ1) is 19.6. The number of hydrogen-bond donors (Lipinski definition) is 3. The molecule has 0 fully saturated rings. The van der Waals surface area contributed by atoms with Gasteiger partial charge in [-0.1, -0.05) is 15.9 Å². The maximum Gasteiger partial charge on any atom is 0.355 e. The molecule has 1 aromatic heterocycles. The highest BCUT2D eigenvalue weighted by atomic mass is 79.9. The topological polar surface area (TPSA) is 131 Å². The first-order valence-corrected chi connectivity index (χ1v) is 9.00. The Labute approximate surface area is 168 Å². The maximum absolute atomic E-state index is 12.4. The molecule has 0 bridgehead atoms. The van der Waals surface area contributed by atoms with E-state index in [1.165, 1.54) is 13.0 Å². The highest BCUT2D eigenvalue weighted by molar-refractivity contribution is 9.10. The number of hydrogen-bond acceptors (Lipinski definition) is 5. The number of amides is 2. The van der Waals surface area contributed by atoms with Crippen LogP contribution in [-0.2, 0) is 14.3 Å². The number of primary amides is 1. The fourth-order valence-electron chi connectivity index (χ4n) is 3.04. The number of halogens is 1. The second-order valence-corrected chi connectivity index (χ2v) is 7.13. The fourth-order valence-corrected chi connectivity index (χ4v) is 3.40. The van der Waals surface area contributed by atoms with Gasteiger partial charge in [-0.15, -0.1) is 0 Å². The molecule has 1 aliphatic heterocycles. The van der Waals surface area contributed by atoms with Gasteiger partial charge in [0.15, 0.2) is 12.4 Å². The first-order chi connectivity index (χ1) is 13.2. The van der Waals surface area contributed by atoms with E-state index in [4.69, 9.17) is 10.5 Å². The molecule has 144 valence electrons. The zero-order valence-electron chi connectivity index (χ0n) is 15.0. The van der Waals surface area contributed by atoms with Crippen LogP contribution in [0.15, 0.2) is 22.7 Å². The molecule has 3 rings (SSSR count). The zero-order valence-corrected chi connectivity index (χ0v) is 16.6. The number of nitrogens with one attached hydrogen (secondary N) is 2. The summed E-state index contributed by atoms with van der Waals surface area (Å²) >= 11 is 3.37. The summed E-state index contributed by atoms with van der Waals surface area (Å²) in [6.45, 7) is 2.36. The summed E-state index contributed by atoms with van der Waals surface area (Å²) in [5.74, 6) is -2.23. The van der Waals surface area contributed by atoms with Crippen molar-refractivity contribution in [2.24, 2.45) is 5.73 Å². The minimum Gasteiger partial charge on any atom is -0.451 e. The maximum atomic E-state index is 12.4. The van der Waals surface area contributed by atoms with Crippen LogP contribution in [-0.4, -0.2) is 35.2 Å². The van der Waals surface area contributed by atoms with Crippen LogP contribution >= 0.6 is 15.9 Å². The Morgan fingerprint density at radius 2 is 2.00 bits per heavy atom. The monoisotopic (exact) mass is 445 g/mol. The third-order valence-electron chi connectivity index (χ3n) is 4.23. The summed E-state index contributed by atoms with van der Waals surface area (Å²) in [5.41, 5.74) is 7.58. The Balaban J connectivity index is 2.09. The summed E-state index contributed by atoms with van der Waals surface area (Å²) in [7, 11) is 0. The number of Topliss-reactive ketones (excluding diaryl/α,β-unsaturated/α-hetero) is 1. The Kier molecular flexibility index (Phi) is 5.19. The number of esters is 1. The van der Waals surface area contributed by atoms with E-state index in [2.05, 4.69) is 26.2 Å². The summed E-state index contributed by atoms with van der Waals surface area (Å²) in [6.07, 6.45) is 1.52. The number of anilines is 1. The normalized spacial score (nSPS) is 14.0. The van der Waals surface area contributed by atoms with Crippen molar-refractivity contribution < 1.29 is 23.9 Å². The number of H-pyrrole nitrogens is 1. The van der Waals surface area contributed by atoms with Gasteiger partial charge in [0.05, 0.1) is 11.3 Å². The van der Waals surface area contributed by atoms with Crippen LogP contribution in [0.25, 0.3) is 11.6 Å². The standard InChI is InChI=1S/C19H16BrN3O5/c1-8-16(9(2)24)14(22-17(8)19(27)28-7-15(21)25)6-12-11-5-10(20)3-4-13(11)23-18(12)26/h3-6,22H,7H2,1-2H3,(H2,21,25)(H,23,26). The van der Waals surface area contributed by atoms with Crippen LogP contribution in [0.1, 0.15) is 44.6 Å². The van der Waals surface area contributed by atoms with Gasteiger partial charge in [-0.2, -0.15) is 0 Å². The third-order valence-corrected chi connectivity index (χ3v) is 4.73. The largest absolute Gasteiger partial charge is 0.451 e. The average molecular weight is 446 g/mol. The van der Waals surface area contributed by atoms with E-state index in [0.717, 1.165) is 4.47 Å². The van der Waals surface area contributed by atoms with E-state index in [1.54, 1.807) is 25.1 Å². The number of aromatic amines is 1. The van der Waals surface area contributed by atoms with E-state index in [0.29, 0.717) is 28.1 Å². The second kappa shape index (κ2) is 7.43. The fraction of sp³-hybridized carbons (Fsp3) is 0.158. The Morgan fingerprint density at radius 3 is 2.64 bits per heavy atom. The molecule has 0 atom stereocenters. The van der Waals surface area contributed by atoms with Gasteiger partial charge >= 0.3 is 5.97 Å². The average Bonchev–Trinajstić information content (AvgIpc) is 3.10. The SMILES string of the molecule is CC(=O)c1c(C=C2C(=O)Nc3ccc(Br)cc32)[nH]c(C(=O)OCC(N)=O)c1C. The quantitative estimate of drug-likeness (QED) is 0.369. The summed E-state index contributed by atoms with van der Waals surface area (Å²) in [4.78, 5) is 50.4. The highest BCUT2D eigenvalue weighted by Gasteiger charge is 2.27. The zero-order chi connectivity index (χ0) is 20.6. The Morgan fingerprint density at radius 1 is 1.29 bits per heavy atom. The van der Waals surface area contributed by atoms with E-state index >= 15 is 0 Å². The molecule has 0 unspecified atom stereocenters. The van der Waals surface area contributed by atoms with Crippen LogP contribution in [0.2, 0.25) is 0 Å². The predicted molar refractivity (Wildman–Crippen MR) is 106 cm³/mol. The molecular formula is C19H16BrN3O5. The van der Waals surface area contributed by atoms with E-state index in [9.17, 15) is 19.2 Å². The highest BCUT2D eigenvalue weighted by Crippen LogP contribution is 2.35. The van der Waals surface area contributed by atoms with Crippen LogP contribution in [0.4, 0.5) is 5.69 Å². The van der Waals surface area contributed by atoms with E-state index in [1.807, 2.05) is 0 Å². The van der Waals surface area contributed by atoms with Gasteiger partial charge < -0.3 is 20.8 Å². The summed E-state index contributed by atoms with van der Waals surface area (Å²) < 4.78 is 5.61. The lowest BCUT2D eigenvalue weighted by molar-refractivity contribution is -0.121. The number of aromatic nitrogens is 1. The molecule has 0 spiro atoms. The van der Waals surface area contributed by atoms with Crippen LogP contribution in [0, 0.1) is 6.92 Å². The number of benzene rings is 1. The van der Waals surface area contributed by atoms with Crippen molar-refractivity contribution in [3.05, 3.63) is 50.8 Å². The van der Waals surface area contributed by atoms with Gasteiger partial charge in [0.25, 0.3) is 11.8 Å². The van der Waals surface area contributed by atoms with Gasteiger partial charge in [0.2, 0.25) is 0 Å². The Bertz CT molecular complexity index is 1070. The van der Waals surface area contributed by atoms with Gasteiger partial charge in [-0.05, 0) is 43.7 Å². The number of carbonyl (C=O) groups is 4. The molecule has 1 aromatic carbocycles. The molecule has 0 saturated heterocycles. The van der Waals surface area contributed by atoms with Crippen molar-refractivity contribution in [3.63, 3.8) is 0 Å². The van der Waals surface area contributed by atoms with Crippen LogP contribution in [0.5, 0.6) is 0 Å². The third kappa shape index (κ3) is 3.61. The van der Waals surface area contributed by atoms with Crippen molar-refractivity contribution >= 4 is 56.8 Å². The number of fused-ring (bicyclic) bond motifs is 1. The van der Waals surface area contributed by atoms with Crippen LogP contribution < -0.4 is 11.1 Å². The first-order valence-electron chi connectivity index (χ1n) is 8.21. The molecule has 2 amide bonds. The molecule has 9 heteroatoms. The molecule has 2 heterocycles. The number of nitrogens with two attached hydrogens (primary N) is 1. The van der Waals surface area contributed by atoms with E-state index in [-0.39, 0.29) is 22.9 Å². The molecule has 8 nitrogen and oxygen atoms in total. The van der Waals surface area contributed by atoms with Crippen LogP contribution in [0.3, 0.4) is 0 Å². The number of carbonyl (C=O) groups excluding carboxylic acids is 4. The number of rotatable bonds is 5. The number of ether oxygens (including phenoxy) is 1. The molecule has 28 heavy (non-hydrogen) atoms. The lowest BCUT2D eigenvalue weighted by Gasteiger charge is -2.01. The van der Waals surface area contributed by atoms with Gasteiger partial charge in [-0.25, -0.2) is 4.79 Å². The van der Waals surface area contributed by atoms with Gasteiger partial charge in [-0.3, -0.25) is 14.4 Å². The minimum absolute atomic E-state index is 0.0196. The molecule has 0 saturated carbocycles. The van der Waals surface area contributed by atoms with Crippen molar-refractivity contribution in [3.8, 4) is 0 Å². The van der Waals surface area contributed by atoms with E-state index < -0.39 is 18.5 Å². The lowest BCUT2D eigenvalue weighted by Crippen LogP contribution is -2.21.